The van der Waals surface area contributed by atoms with Crippen LogP contribution >= 0.6 is 0 Å². The second-order valence-corrected chi connectivity index (χ2v) is 4.20. The molecule has 1 heterocycles. The van der Waals surface area contributed by atoms with Crippen LogP contribution in [0.15, 0.2) is 0 Å². The van der Waals surface area contributed by atoms with Crippen molar-refractivity contribution in [2.45, 2.75) is 46.3 Å². The molecule has 0 saturated carbocycles. The Labute approximate surface area is 128 Å². The van der Waals surface area contributed by atoms with Gasteiger partial charge in [0.15, 0.2) is 6.10 Å². The molecule has 0 aromatic carbocycles. The number of rotatable bonds is 2. The molecule has 2 N–H and O–H groups in total. The van der Waals surface area contributed by atoms with Gasteiger partial charge in [-0.3, -0.25) is 19.2 Å². The van der Waals surface area contributed by atoms with Crippen molar-refractivity contribution in [1.29, 1.82) is 0 Å². The number of aliphatic carboxylic acids is 2. The van der Waals surface area contributed by atoms with Crippen LogP contribution in [0.2, 0.25) is 0 Å². The summed E-state index contributed by atoms with van der Waals surface area (Å²) in [5.74, 6) is -2.42. The van der Waals surface area contributed by atoms with E-state index in [-0.39, 0.29) is 18.7 Å². The zero-order valence-electron chi connectivity index (χ0n) is 13.0. The number of ether oxygens (including phenoxy) is 3. The Morgan fingerprint density at radius 3 is 1.59 bits per heavy atom. The molecule has 1 aliphatic heterocycles. The van der Waals surface area contributed by atoms with Gasteiger partial charge in [-0.1, -0.05) is 0 Å². The molecule has 0 aromatic heterocycles. The van der Waals surface area contributed by atoms with E-state index in [1.807, 2.05) is 0 Å². The Morgan fingerprint density at radius 2 is 1.23 bits per heavy atom. The molecule has 0 amide bonds. The molecule has 128 valence electrons. The summed E-state index contributed by atoms with van der Waals surface area (Å²) >= 11 is 0. The molecule has 0 aliphatic carbocycles. The molecule has 0 spiro atoms. The van der Waals surface area contributed by atoms with Crippen LogP contribution in [0.5, 0.6) is 0 Å². The topological polar surface area (TPSA) is 136 Å². The van der Waals surface area contributed by atoms with Crippen LogP contribution in [-0.4, -0.2) is 59.5 Å². The van der Waals surface area contributed by atoms with Gasteiger partial charge < -0.3 is 24.4 Å². The summed E-state index contributed by atoms with van der Waals surface area (Å²) in [6.07, 6.45) is -0.271. The normalized spacial score (nSPS) is 19.3. The maximum absolute atomic E-state index is 10.7. The zero-order valence-corrected chi connectivity index (χ0v) is 13.0. The minimum atomic E-state index is -0.833. The van der Waals surface area contributed by atoms with Gasteiger partial charge >= 0.3 is 11.9 Å². The van der Waals surface area contributed by atoms with Crippen molar-refractivity contribution in [3.63, 3.8) is 0 Å². The molecule has 1 saturated heterocycles. The summed E-state index contributed by atoms with van der Waals surface area (Å²) in [6, 6.07) is 0. The number of carboxylic acids is 2. The highest BCUT2D eigenvalue weighted by atomic mass is 16.6. The van der Waals surface area contributed by atoms with Gasteiger partial charge in [0, 0.05) is 34.1 Å². The summed E-state index contributed by atoms with van der Waals surface area (Å²) in [5, 5.41) is 14.8. The summed E-state index contributed by atoms with van der Waals surface area (Å²) < 4.78 is 15.1. The van der Waals surface area contributed by atoms with Crippen molar-refractivity contribution in [2.75, 3.05) is 13.2 Å². The largest absolute Gasteiger partial charge is 0.481 e. The number of esters is 2. The highest BCUT2D eigenvalue weighted by Gasteiger charge is 2.30. The average molecular weight is 322 g/mol. The van der Waals surface area contributed by atoms with Gasteiger partial charge in [-0.05, 0) is 0 Å². The van der Waals surface area contributed by atoms with Gasteiger partial charge in [0.25, 0.3) is 11.9 Å². The van der Waals surface area contributed by atoms with Crippen LogP contribution in [-0.2, 0) is 33.4 Å². The molecule has 1 aliphatic rings. The molecule has 0 radical (unpaired) electrons. The molecule has 22 heavy (non-hydrogen) atoms. The molecule has 2 atom stereocenters. The van der Waals surface area contributed by atoms with E-state index in [4.69, 9.17) is 34.0 Å². The summed E-state index contributed by atoms with van der Waals surface area (Å²) in [5.41, 5.74) is 0. The van der Waals surface area contributed by atoms with E-state index in [0.29, 0.717) is 13.0 Å². The van der Waals surface area contributed by atoms with Crippen molar-refractivity contribution < 1.29 is 43.6 Å². The summed E-state index contributed by atoms with van der Waals surface area (Å²) in [6.45, 7) is 5.63. The van der Waals surface area contributed by atoms with Gasteiger partial charge in [0.2, 0.25) is 0 Å². The van der Waals surface area contributed by atoms with Crippen molar-refractivity contribution in [1.82, 2.24) is 0 Å². The first kappa shape index (κ1) is 22.1. The van der Waals surface area contributed by atoms with E-state index >= 15 is 0 Å². The monoisotopic (exact) mass is 322 g/mol. The zero-order chi connectivity index (χ0) is 17.7. The molecular weight excluding hydrogens is 300 g/mol. The number of hydrogen-bond acceptors (Lipinski definition) is 7. The molecule has 9 heteroatoms. The van der Waals surface area contributed by atoms with E-state index in [9.17, 15) is 9.59 Å². The second kappa shape index (κ2) is 12.6. The maximum Gasteiger partial charge on any atom is 0.303 e. The Morgan fingerprint density at radius 1 is 0.864 bits per heavy atom. The lowest BCUT2D eigenvalue weighted by atomic mass is 10.1. The number of carbonyl (C=O) groups excluding carboxylic acids is 2. The number of carboxylic acid groups (broad SMARTS) is 2. The van der Waals surface area contributed by atoms with Crippen LogP contribution in [0.25, 0.3) is 0 Å². The SMILES string of the molecule is CC(=O)O.CC(=O)O.CC(=O)O[C@H]1COCC[C@H]1OC(C)=O. The fraction of sp³-hybridized carbons (Fsp3) is 0.692. The Bertz CT molecular complexity index is 334. The third-order valence-electron chi connectivity index (χ3n) is 1.88. The minimum Gasteiger partial charge on any atom is -0.481 e. The van der Waals surface area contributed by atoms with Gasteiger partial charge in [-0.2, -0.15) is 0 Å². The lowest BCUT2D eigenvalue weighted by Gasteiger charge is -2.29. The average Bonchev–Trinajstić information content (AvgIpc) is 2.28. The van der Waals surface area contributed by atoms with Crippen molar-refractivity contribution >= 4 is 23.9 Å². The first-order valence-electron chi connectivity index (χ1n) is 6.37. The molecule has 1 rings (SSSR count). The van der Waals surface area contributed by atoms with Gasteiger partial charge in [-0.15, -0.1) is 0 Å². The minimum absolute atomic E-state index is 0.289. The summed E-state index contributed by atoms with van der Waals surface area (Å²) in [7, 11) is 0. The van der Waals surface area contributed by atoms with Gasteiger partial charge in [0.05, 0.1) is 13.2 Å². The summed E-state index contributed by atoms with van der Waals surface area (Å²) in [4.78, 5) is 39.5. The number of hydrogen-bond donors (Lipinski definition) is 2. The van der Waals surface area contributed by atoms with Crippen LogP contribution in [0.4, 0.5) is 0 Å². The standard InChI is InChI=1S/C9H14O5.2C2H4O2/c1-6(10)13-8-3-4-12-5-9(8)14-7(2)11;2*1-2(3)4/h8-9H,3-5H2,1-2H3;2*1H3,(H,3,4)/t8-,9+;;/m1../s1. The fourth-order valence-electron chi connectivity index (χ4n) is 1.36. The third-order valence-corrected chi connectivity index (χ3v) is 1.88. The first-order valence-corrected chi connectivity index (χ1v) is 6.37. The predicted molar refractivity (Wildman–Crippen MR) is 73.2 cm³/mol. The third kappa shape index (κ3) is 17.8. The quantitative estimate of drug-likeness (QED) is 0.694. The smallest absolute Gasteiger partial charge is 0.303 e. The molecule has 0 unspecified atom stereocenters. The van der Waals surface area contributed by atoms with Gasteiger partial charge in [-0.25, -0.2) is 0 Å². The van der Waals surface area contributed by atoms with Crippen LogP contribution in [0.3, 0.4) is 0 Å². The van der Waals surface area contributed by atoms with E-state index in [1.165, 1.54) is 13.8 Å². The van der Waals surface area contributed by atoms with Crippen molar-refractivity contribution in [3.05, 3.63) is 0 Å². The Kier molecular flexibility index (Phi) is 12.6. The van der Waals surface area contributed by atoms with Crippen molar-refractivity contribution in [3.8, 4) is 0 Å². The lowest BCUT2D eigenvalue weighted by molar-refractivity contribution is -0.179. The van der Waals surface area contributed by atoms with E-state index in [1.54, 1.807) is 0 Å². The maximum atomic E-state index is 10.7. The highest BCUT2D eigenvalue weighted by Crippen LogP contribution is 2.15. The molecule has 0 aromatic rings. The van der Waals surface area contributed by atoms with Crippen LogP contribution < -0.4 is 0 Å². The lowest BCUT2D eigenvalue weighted by Crippen LogP contribution is -2.42. The Hall–Kier alpha value is -2.16. The fourth-order valence-corrected chi connectivity index (χ4v) is 1.36. The van der Waals surface area contributed by atoms with E-state index in [0.717, 1.165) is 13.8 Å². The second-order valence-electron chi connectivity index (χ2n) is 4.20. The van der Waals surface area contributed by atoms with Crippen LogP contribution in [0.1, 0.15) is 34.1 Å². The molecule has 9 nitrogen and oxygen atoms in total. The number of carbonyl (C=O) groups is 4. The first-order chi connectivity index (χ1) is 10.1. The Balaban J connectivity index is 0. The van der Waals surface area contributed by atoms with Crippen molar-refractivity contribution in [2.24, 2.45) is 0 Å². The van der Waals surface area contributed by atoms with E-state index in [2.05, 4.69) is 0 Å². The van der Waals surface area contributed by atoms with E-state index < -0.39 is 24.0 Å². The molecule has 1 fully saturated rings. The van der Waals surface area contributed by atoms with Gasteiger partial charge in [0.1, 0.15) is 6.10 Å². The van der Waals surface area contributed by atoms with Crippen LogP contribution in [0, 0.1) is 0 Å². The molecule has 0 bridgehead atoms. The predicted octanol–water partition coefficient (Wildman–Crippen LogP) is 0.452. The molecular formula is C13H22O9. The highest BCUT2D eigenvalue weighted by molar-refractivity contribution is 5.67.